The third kappa shape index (κ3) is 2.72. The van der Waals surface area contributed by atoms with E-state index in [1.807, 2.05) is 0 Å². The zero-order valence-electron chi connectivity index (χ0n) is 5.14. The van der Waals surface area contributed by atoms with Crippen LogP contribution in [0.5, 0.6) is 0 Å². The SMILES string of the molecule is CC(Cl)(CO)C(Cl)CO. The smallest absolute Gasteiger partial charge is 0.0833 e. The average molecular weight is 173 g/mol. The molecule has 56 valence electrons. The third-order valence-electron chi connectivity index (χ3n) is 1.12. The Kier molecular flexibility index (Phi) is 3.82. The molecule has 0 radical (unpaired) electrons. The lowest BCUT2D eigenvalue weighted by Gasteiger charge is -2.22. The molecule has 0 aliphatic rings. The van der Waals surface area contributed by atoms with E-state index in [1.165, 1.54) is 0 Å². The van der Waals surface area contributed by atoms with Gasteiger partial charge in [-0.05, 0) is 6.92 Å². The summed E-state index contributed by atoms with van der Waals surface area (Å²) in [5.74, 6) is 0. The van der Waals surface area contributed by atoms with Crippen molar-refractivity contribution in [3.8, 4) is 0 Å². The molecule has 0 fully saturated rings. The molecule has 0 bridgehead atoms. The molecule has 0 rings (SSSR count). The zero-order chi connectivity index (χ0) is 7.49. The van der Waals surface area contributed by atoms with Crippen LogP contribution in [0.1, 0.15) is 6.92 Å². The average Bonchev–Trinajstić information content (AvgIpc) is 1.86. The van der Waals surface area contributed by atoms with Crippen molar-refractivity contribution in [3.63, 3.8) is 0 Å². The molecule has 0 saturated heterocycles. The molecule has 0 aromatic carbocycles. The molecular formula is C5H10Cl2O2. The second-order valence-electron chi connectivity index (χ2n) is 2.09. The van der Waals surface area contributed by atoms with Crippen molar-refractivity contribution < 1.29 is 10.2 Å². The van der Waals surface area contributed by atoms with E-state index >= 15 is 0 Å². The van der Waals surface area contributed by atoms with Crippen LogP contribution in [0.2, 0.25) is 0 Å². The van der Waals surface area contributed by atoms with E-state index in [0.717, 1.165) is 0 Å². The summed E-state index contributed by atoms with van der Waals surface area (Å²) in [7, 11) is 0. The Labute approximate surface area is 64.4 Å². The number of rotatable bonds is 3. The summed E-state index contributed by atoms with van der Waals surface area (Å²) in [4.78, 5) is -0.906. The summed E-state index contributed by atoms with van der Waals surface area (Å²) in [6.07, 6.45) is 0. The first kappa shape index (κ1) is 9.50. The highest BCUT2D eigenvalue weighted by molar-refractivity contribution is 6.32. The van der Waals surface area contributed by atoms with Crippen LogP contribution >= 0.6 is 23.2 Å². The van der Waals surface area contributed by atoms with E-state index in [2.05, 4.69) is 0 Å². The van der Waals surface area contributed by atoms with Gasteiger partial charge in [0.1, 0.15) is 0 Å². The summed E-state index contributed by atoms with van der Waals surface area (Å²) < 4.78 is 0. The quantitative estimate of drug-likeness (QED) is 0.612. The van der Waals surface area contributed by atoms with Crippen LogP contribution < -0.4 is 0 Å². The van der Waals surface area contributed by atoms with Crippen LogP contribution in [-0.2, 0) is 0 Å². The lowest BCUT2D eigenvalue weighted by atomic mass is 10.1. The van der Waals surface area contributed by atoms with E-state index in [4.69, 9.17) is 33.4 Å². The van der Waals surface area contributed by atoms with Crippen molar-refractivity contribution in [2.75, 3.05) is 13.2 Å². The molecular weight excluding hydrogens is 163 g/mol. The van der Waals surface area contributed by atoms with Gasteiger partial charge >= 0.3 is 0 Å². The zero-order valence-corrected chi connectivity index (χ0v) is 6.65. The minimum Gasteiger partial charge on any atom is -0.395 e. The number of halogens is 2. The highest BCUT2D eigenvalue weighted by Gasteiger charge is 2.28. The summed E-state index contributed by atoms with van der Waals surface area (Å²) in [5, 5.41) is 16.4. The predicted molar refractivity (Wildman–Crippen MR) is 38.1 cm³/mol. The van der Waals surface area contributed by atoms with Crippen LogP contribution in [0.3, 0.4) is 0 Å². The predicted octanol–water partition coefficient (Wildman–Crippen LogP) is 0.576. The molecule has 2 nitrogen and oxygen atoms in total. The van der Waals surface area contributed by atoms with Crippen LogP contribution in [-0.4, -0.2) is 33.7 Å². The first-order chi connectivity index (χ1) is 4.04. The lowest BCUT2D eigenvalue weighted by molar-refractivity contribution is 0.212. The van der Waals surface area contributed by atoms with Crippen LogP contribution in [0.15, 0.2) is 0 Å². The molecule has 0 aromatic rings. The Balaban J connectivity index is 3.80. The van der Waals surface area contributed by atoms with Gasteiger partial charge in [-0.15, -0.1) is 23.2 Å². The molecule has 9 heavy (non-hydrogen) atoms. The Morgan fingerprint density at radius 3 is 2.11 bits per heavy atom. The molecule has 0 amide bonds. The number of aliphatic hydroxyl groups excluding tert-OH is 2. The lowest BCUT2D eigenvalue weighted by Crippen LogP contribution is -2.35. The van der Waals surface area contributed by atoms with Crippen LogP contribution in [0.4, 0.5) is 0 Å². The van der Waals surface area contributed by atoms with Crippen molar-refractivity contribution in [1.29, 1.82) is 0 Å². The maximum Gasteiger partial charge on any atom is 0.0833 e. The van der Waals surface area contributed by atoms with Gasteiger partial charge < -0.3 is 10.2 Å². The second-order valence-corrected chi connectivity index (χ2v) is 3.48. The van der Waals surface area contributed by atoms with E-state index < -0.39 is 10.3 Å². The summed E-state index contributed by atoms with van der Waals surface area (Å²) in [5.41, 5.74) is 0. The van der Waals surface area contributed by atoms with Crippen LogP contribution in [0.25, 0.3) is 0 Å². The van der Waals surface area contributed by atoms with E-state index in [9.17, 15) is 0 Å². The fraction of sp³-hybridized carbons (Fsp3) is 1.00. The molecule has 0 heterocycles. The van der Waals surface area contributed by atoms with Gasteiger partial charge in [-0.2, -0.15) is 0 Å². The number of hydrogen-bond acceptors (Lipinski definition) is 2. The van der Waals surface area contributed by atoms with Gasteiger partial charge in [0.25, 0.3) is 0 Å². The van der Waals surface area contributed by atoms with Gasteiger partial charge in [-0.1, -0.05) is 0 Å². The monoisotopic (exact) mass is 172 g/mol. The Hall–Kier alpha value is 0.500. The molecule has 0 aromatic heterocycles. The summed E-state index contributed by atoms with van der Waals surface area (Å²) in [6, 6.07) is 0. The highest BCUT2D eigenvalue weighted by atomic mass is 35.5. The van der Waals surface area contributed by atoms with Gasteiger partial charge in [0, 0.05) is 0 Å². The van der Waals surface area contributed by atoms with Crippen LogP contribution in [0, 0.1) is 0 Å². The van der Waals surface area contributed by atoms with Crippen molar-refractivity contribution in [2.45, 2.75) is 17.2 Å². The van der Waals surface area contributed by atoms with Gasteiger partial charge in [-0.25, -0.2) is 0 Å². The second kappa shape index (κ2) is 3.62. The minimum atomic E-state index is -0.906. The fourth-order valence-electron chi connectivity index (χ4n) is 0.289. The third-order valence-corrected chi connectivity index (χ3v) is 2.24. The maximum absolute atomic E-state index is 8.57. The van der Waals surface area contributed by atoms with Gasteiger partial charge in [0.15, 0.2) is 0 Å². The molecule has 0 spiro atoms. The van der Waals surface area contributed by atoms with Crippen molar-refractivity contribution in [3.05, 3.63) is 0 Å². The normalized spacial score (nSPS) is 21.0. The largest absolute Gasteiger partial charge is 0.395 e. The minimum absolute atomic E-state index is 0.220. The molecule has 2 unspecified atom stereocenters. The van der Waals surface area contributed by atoms with Gasteiger partial charge in [0.2, 0.25) is 0 Å². The Bertz CT molecular complexity index is 85.0. The highest BCUT2D eigenvalue weighted by Crippen LogP contribution is 2.22. The maximum atomic E-state index is 8.57. The molecule has 0 saturated carbocycles. The van der Waals surface area contributed by atoms with Crippen molar-refractivity contribution >= 4 is 23.2 Å². The molecule has 0 aliphatic carbocycles. The fourth-order valence-corrected chi connectivity index (χ4v) is 0.427. The molecule has 4 heteroatoms. The van der Waals surface area contributed by atoms with E-state index in [-0.39, 0.29) is 13.2 Å². The Morgan fingerprint density at radius 1 is 1.56 bits per heavy atom. The number of hydrogen-bond donors (Lipinski definition) is 2. The number of aliphatic hydroxyl groups is 2. The first-order valence-corrected chi connectivity index (χ1v) is 3.40. The number of alkyl halides is 2. The van der Waals surface area contributed by atoms with Crippen molar-refractivity contribution in [2.24, 2.45) is 0 Å². The topological polar surface area (TPSA) is 40.5 Å². The van der Waals surface area contributed by atoms with E-state index in [1.54, 1.807) is 6.92 Å². The molecule has 2 atom stereocenters. The van der Waals surface area contributed by atoms with Crippen molar-refractivity contribution in [1.82, 2.24) is 0 Å². The molecule has 2 N–H and O–H groups in total. The van der Waals surface area contributed by atoms with Gasteiger partial charge in [0.05, 0.1) is 23.5 Å². The summed E-state index contributed by atoms with van der Waals surface area (Å²) in [6.45, 7) is 1.12. The van der Waals surface area contributed by atoms with Gasteiger partial charge in [-0.3, -0.25) is 0 Å². The first-order valence-electron chi connectivity index (χ1n) is 2.59. The summed E-state index contributed by atoms with van der Waals surface area (Å²) >= 11 is 11.1. The molecule has 0 aliphatic heterocycles. The Morgan fingerprint density at radius 2 is 2.00 bits per heavy atom. The van der Waals surface area contributed by atoms with E-state index in [0.29, 0.717) is 0 Å². The standard InChI is InChI=1S/C5H10Cl2O2/c1-5(7,3-9)4(6)2-8/h4,8-9H,2-3H2,1H3.